The van der Waals surface area contributed by atoms with Gasteiger partial charge in [-0.15, -0.1) is 11.3 Å². The van der Waals surface area contributed by atoms with Gasteiger partial charge in [0.05, 0.1) is 16.5 Å². The average Bonchev–Trinajstić information content (AvgIpc) is 2.95. The lowest BCUT2D eigenvalue weighted by Gasteiger charge is -2.23. The molecule has 0 saturated carbocycles. The van der Waals surface area contributed by atoms with Crippen LogP contribution in [-0.4, -0.2) is 45.8 Å². The third-order valence-electron chi connectivity index (χ3n) is 3.19. The summed E-state index contributed by atoms with van der Waals surface area (Å²) < 4.78 is 0.626. The maximum atomic E-state index is 12.1. The summed E-state index contributed by atoms with van der Waals surface area (Å²) in [5.41, 5.74) is 0. The summed E-state index contributed by atoms with van der Waals surface area (Å²) in [5.74, 6) is -1.11. The lowest BCUT2D eigenvalue weighted by Crippen LogP contribution is -2.46. The molecule has 3 atom stereocenters. The lowest BCUT2D eigenvalue weighted by atomic mass is 10.2. The van der Waals surface area contributed by atoms with Crippen LogP contribution >= 0.6 is 22.9 Å². The summed E-state index contributed by atoms with van der Waals surface area (Å²) in [6, 6.07) is 1.80. The second-order valence-electron chi connectivity index (χ2n) is 4.71. The number of hydrogen-bond acceptors (Lipinski definition) is 4. The number of carboxylic acids is 1. The van der Waals surface area contributed by atoms with Crippen molar-refractivity contribution in [2.75, 3.05) is 6.54 Å². The highest BCUT2D eigenvalue weighted by Crippen LogP contribution is 2.27. The summed E-state index contributed by atoms with van der Waals surface area (Å²) in [6.45, 7) is 1.82. The summed E-state index contributed by atoms with van der Waals surface area (Å²) in [5, 5.41) is 21.3. The van der Waals surface area contributed by atoms with Crippen molar-refractivity contribution in [3.8, 4) is 0 Å². The zero-order chi connectivity index (χ0) is 14.9. The van der Waals surface area contributed by atoms with Crippen LogP contribution in [0.25, 0.3) is 0 Å². The van der Waals surface area contributed by atoms with Gasteiger partial charge in [0.25, 0.3) is 0 Å². The predicted octanol–water partition coefficient (Wildman–Crippen LogP) is 1.69. The van der Waals surface area contributed by atoms with Gasteiger partial charge in [-0.1, -0.05) is 11.6 Å². The summed E-state index contributed by atoms with van der Waals surface area (Å²) in [4.78, 5) is 25.2. The molecule has 1 saturated heterocycles. The van der Waals surface area contributed by atoms with E-state index in [9.17, 15) is 14.7 Å². The Hall–Kier alpha value is -1.31. The first-order chi connectivity index (χ1) is 9.38. The topological polar surface area (TPSA) is 89.9 Å². The summed E-state index contributed by atoms with van der Waals surface area (Å²) in [6.07, 6.45) is -0.740. The molecule has 1 fully saturated rings. The smallest absolute Gasteiger partial charge is 0.326 e. The Morgan fingerprint density at radius 3 is 2.80 bits per heavy atom. The fourth-order valence-corrected chi connectivity index (χ4v) is 3.24. The van der Waals surface area contributed by atoms with E-state index < -0.39 is 24.1 Å². The summed E-state index contributed by atoms with van der Waals surface area (Å²) >= 11 is 7.19. The Morgan fingerprint density at radius 1 is 1.55 bits per heavy atom. The van der Waals surface area contributed by atoms with Gasteiger partial charge >= 0.3 is 12.0 Å². The van der Waals surface area contributed by atoms with Crippen molar-refractivity contribution < 1.29 is 19.8 Å². The zero-order valence-electron chi connectivity index (χ0n) is 10.7. The SMILES string of the molecule is CC(NC(=O)N1CC(O)CC1C(=O)O)c1ccc(Cl)s1. The van der Waals surface area contributed by atoms with E-state index in [-0.39, 0.29) is 19.0 Å². The van der Waals surface area contributed by atoms with E-state index in [1.54, 1.807) is 13.0 Å². The molecule has 8 heteroatoms. The van der Waals surface area contributed by atoms with Gasteiger partial charge in [-0.05, 0) is 19.1 Å². The number of amides is 2. The van der Waals surface area contributed by atoms with Gasteiger partial charge in [-0.3, -0.25) is 0 Å². The monoisotopic (exact) mass is 318 g/mol. The number of carbonyl (C=O) groups is 2. The number of thiophene rings is 1. The largest absolute Gasteiger partial charge is 0.480 e. The summed E-state index contributed by atoms with van der Waals surface area (Å²) in [7, 11) is 0. The number of hydrogen-bond donors (Lipinski definition) is 3. The molecular weight excluding hydrogens is 304 g/mol. The number of aliphatic carboxylic acids is 1. The Labute approximate surface area is 125 Å². The number of nitrogens with zero attached hydrogens (tertiary/aromatic N) is 1. The number of nitrogens with one attached hydrogen (secondary N) is 1. The Kier molecular flexibility index (Phi) is 4.52. The van der Waals surface area contributed by atoms with Crippen LogP contribution in [0.5, 0.6) is 0 Å². The number of halogens is 1. The molecule has 0 radical (unpaired) electrons. The van der Waals surface area contributed by atoms with Crippen LogP contribution in [0.4, 0.5) is 4.79 Å². The minimum atomic E-state index is -1.11. The first-order valence-corrected chi connectivity index (χ1v) is 7.31. The minimum Gasteiger partial charge on any atom is -0.480 e. The molecule has 20 heavy (non-hydrogen) atoms. The molecule has 2 amide bonds. The van der Waals surface area contributed by atoms with Crippen LogP contribution < -0.4 is 5.32 Å². The number of carbonyl (C=O) groups excluding carboxylic acids is 1. The molecular formula is C12H15ClN2O4S. The van der Waals surface area contributed by atoms with Crippen molar-refractivity contribution in [1.29, 1.82) is 0 Å². The molecule has 110 valence electrons. The first-order valence-electron chi connectivity index (χ1n) is 6.11. The number of rotatable bonds is 3. The van der Waals surface area contributed by atoms with Crippen molar-refractivity contribution in [3.05, 3.63) is 21.3 Å². The standard InChI is InChI=1S/C12H15ClN2O4S/c1-6(9-2-3-10(13)20-9)14-12(19)15-5-7(16)4-8(15)11(17)18/h2-3,6-8,16H,4-5H2,1H3,(H,14,19)(H,17,18). The van der Waals surface area contributed by atoms with E-state index in [1.165, 1.54) is 11.3 Å². The predicted molar refractivity (Wildman–Crippen MR) is 75.0 cm³/mol. The van der Waals surface area contributed by atoms with Gasteiger partial charge in [-0.25, -0.2) is 9.59 Å². The highest BCUT2D eigenvalue weighted by molar-refractivity contribution is 7.16. The Morgan fingerprint density at radius 2 is 2.25 bits per heavy atom. The molecule has 1 aromatic heterocycles. The Bertz CT molecular complexity index is 521. The van der Waals surface area contributed by atoms with Crippen molar-refractivity contribution in [3.63, 3.8) is 0 Å². The second kappa shape index (κ2) is 5.99. The quantitative estimate of drug-likeness (QED) is 0.791. The lowest BCUT2D eigenvalue weighted by molar-refractivity contribution is -0.141. The third-order valence-corrected chi connectivity index (χ3v) is 4.60. The fraction of sp³-hybridized carbons (Fsp3) is 0.500. The molecule has 0 spiro atoms. The second-order valence-corrected chi connectivity index (χ2v) is 6.46. The molecule has 2 heterocycles. The third kappa shape index (κ3) is 3.23. The molecule has 1 aliphatic heterocycles. The number of carboxylic acid groups (broad SMARTS) is 1. The van der Waals surface area contributed by atoms with Crippen molar-refractivity contribution in [2.45, 2.75) is 31.5 Å². The molecule has 0 bridgehead atoms. The fourth-order valence-electron chi connectivity index (χ4n) is 2.17. The van der Waals surface area contributed by atoms with Crippen LogP contribution in [0.3, 0.4) is 0 Å². The average molecular weight is 319 g/mol. The normalized spacial score (nSPS) is 23.6. The van der Waals surface area contributed by atoms with Gasteiger partial charge < -0.3 is 20.4 Å². The number of urea groups is 1. The van der Waals surface area contributed by atoms with E-state index in [0.717, 1.165) is 9.78 Å². The van der Waals surface area contributed by atoms with Crippen molar-refractivity contribution in [1.82, 2.24) is 10.2 Å². The first kappa shape index (κ1) is 15.1. The molecule has 1 aliphatic rings. The number of likely N-dealkylation sites (tertiary alicyclic amines) is 1. The molecule has 3 N–H and O–H groups in total. The highest BCUT2D eigenvalue weighted by Gasteiger charge is 2.39. The van der Waals surface area contributed by atoms with E-state index >= 15 is 0 Å². The molecule has 6 nitrogen and oxygen atoms in total. The van der Waals surface area contributed by atoms with Crippen molar-refractivity contribution in [2.24, 2.45) is 0 Å². The number of aliphatic hydroxyl groups excluding tert-OH is 1. The molecule has 1 aromatic rings. The molecule has 2 rings (SSSR count). The molecule has 0 aromatic carbocycles. The number of β-amino-alcohol motifs (C(OH)–C–C–N with tert-alkyl or cyclic N) is 1. The van der Waals surface area contributed by atoms with Gasteiger partial charge in [-0.2, -0.15) is 0 Å². The minimum absolute atomic E-state index is 0.0285. The number of aliphatic hydroxyl groups is 1. The van der Waals surface area contributed by atoms with Crippen LogP contribution in [0.15, 0.2) is 12.1 Å². The molecule has 0 aliphatic carbocycles. The van der Waals surface area contributed by atoms with Gasteiger partial charge in [0.1, 0.15) is 6.04 Å². The van der Waals surface area contributed by atoms with Crippen LogP contribution in [0, 0.1) is 0 Å². The van der Waals surface area contributed by atoms with Gasteiger partial charge in [0.15, 0.2) is 0 Å². The maximum Gasteiger partial charge on any atom is 0.326 e. The van der Waals surface area contributed by atoms with Gasteiger partial charge in [0, 0.05) is 17.8 Å². The van der Waals surface area contributed by atoms with Crippen LogP contribution in [0.2, 0.25) is 4.34 Å². The van der Waals surface area contributed by atoms with Crippen LogP contribution in [0.1, 0.15) is 24.3 Å². The van der Waals surface area contributed by atoms with E-state index in [0.29, 0.717) is 4.34 Å². The Balaban J connectivity index is 2.02. The van der Waals surface area contributed by atoms with E-state index in [1.807, 2.05) is 6.07 Å². The highest BCUT2D eigenvalue weighted by atomic mass is 35.5. The van der Waals surface area contributed by atoms with Crippen molar-refractivity contribution >= 4 is 34.9 Å². The zero-order valence-corrected chi connectivity index (χ0v) is 12.3. The maximum absolute atomic E-state index is 12.1. The molecule has 3 unspecified atom stereocenters. The van der Waals surface area contributed by atoms with Gasteiger partial charge in [0.2, 0.25) is 0 Å². The van der Waals surface area contributed by atoms with E-state index in [4.69, 9.17) is 16.7 Å². The van der Waals surface area contributed by atoms with Crippen LogP contribution in [-0.2, 0) is 4.79 Å². The van der Waals surface area contributed by atoms with E-state index in [2.05, 4.69) is 5.32 Å².